The average Bonchev–Trinajstić information content (AvgIpc) is 2.09. The Bertz CT molecular complexity index is 204. The number of rotatable bonds is 4. The minimum Gasteiger partial charge on any atom is -0.374 e. The van der Waals surface area contributed by atoms with Crippen molar-refractivity contribution in [2.24, 2.45) is 0 Å². The molecule has 0 aliphatic heterocycles. The first kappa shape index (κ1) is 9.20. The topological polar surface area (TPSA) is 26.3 Å². The lowest BCUT2D eigenvalue weighted by atomic mass is 10.0. The van der Waals surface area contributed by atoms with Gasteiger partial charge < -0.3 is 9.53 Å². The molecule has 12 heavy (non-hydrogen) atoms. The molecule has 1 aliphatic carbocycles. The van der Waals surface area contributed by atoms with Crippen LogP contribution in [0.25, 0.3) is 0 Å². The van der Waals surface area contributed by atoms with Gasteiger partial charge in [0.2, 0.25) is 0 Å². The largest absolute Gasteiger partial charge is 0.374 e. The summed E-state index contributed by atoms with van der Waals surface area (Å²) in [4.78, 5) is 10.2. The van der Waals surface area contributed by atoms with E-state index in [4.69, 9.17) is 4.74 Å². The van der Waals surface area contributed by atoms with Crippen LogP contribution in [0.5, 0.6) is 0 Å². The highest BCUT2D eigenvalue weighted by molar-refractivity contribution is 5.56. The van der Waals surface area contributed by atoms with E-state index < -0.39 is 0 Å². The lowest BCUT2D eigenvalue weighted by molar-refractivity contribution is -0.107. The molecule has 0 bridgehead atoms. The molecule has 2 nitrogen and oxygen atoms in total. The fourth-order valence-corrected chi connectivity index (χ4v) is 1.23. The van der Waals surface area contributed by atoms with E-state index in [2.05, 4.69) is 6.08 Å². The van der Waals surface area contributed by atoms with Gasteiger partial charge in [0.15, 0.2) is 0 Å². The van der Waals surface area contributed by atoms with Gasteiger partial charge >= 0.3 is 0 Å². The number of carbonyl (C=O) groups excluding carboxylic acids is 1. The van der Waals surface area contributed by atoms with Gasteiger partial charge in [-0.3, -0.25) is 0 Å². The minimum absolute atomic E-state index is 0.213. The zero-order valence-corrected chi connectivity index (χ0v) is 7.32. The average molecular weight is 166 g/mol. The molecule has 0 aromatic heterocycles. The maximum Gasteiger partial charge on any atom is 0.124 e. The van der Waals surface area contributed by atoms with E-state index in [-0.39, 0.29) is 6.10 Å². The molecule has 0 saturated heterocycles. The molecule has 1 unspecified atom stereocenters. The molecule has 0 saturated carbocycles. The minimum atomic E-state index is 0.213. The number of hydrogen-bond donors (Lipinski definition) is 0. The van der Waals surface area contributed by atoms with Crippen LogP contribution in [-0.4, -0.2) is 19.0 Å². The van der Waals surface area contributed by atoms with E-state index in [1.165, 1.54) is 0 Å². The first-order valence-electron chi connectivity index (χ1n) is 4.29. The second kappa shape index (κ2) is 4.88. The predicted octanol–water partition coefficient (Wildman–Crippen LogP) is 1.87. The number of carbonyl (C=O) groups is 1. The quantitative estimate of drug-likeness (QED) is 0.596. The van der Waals surface area contributed by atoms with Gasteiger partial charge in [0, 0.05) is 13.0 Å². The van der Waals surface area contributed by atoms with Crippen molar-refractivity contribution in [2.45, 2.75) is 25.9 Å². The van der Waals surface area contributed by atoms with Gasteiger partial charge in [-0.2, -0.15) is 0 Å². The highest BCUT2D eigenvalue weighted by atomic mass is 16.5. The summed E-state index contributed by atoms with van der Waals surface area (Å²) in [6, 6.07) is 0. The van der Waals surface area contributed by atoms with Crippen LogP contribution in [0.15, 0.2) is 23.8 Å². The molecule has 0 heterocycles. The molecule has 1 rings (SSSR count). The zero-order chi connectivity index (χ0) is 8.81. The molecule has 0 aromatic carbocycles. The summed E-state index contributed by atoms with van der Waals surface area (Å²) in [6.45, 7) is 2.73. The van der Waals surface area contributed by atoms with Crippen LogP contribution in [0.1, 0.15) is 19.8 Å². The van der Waals surface area contributed by atoms with Crippen molar-refractivity contribution in [2.75, 3.05) is 6.61 Å². The second-order valence-electron chi connectivity index (χ2n) is 2.74. The Morgan fingerprint density at radius 2 is 2.58 bits per heavy atom. The maximum absolute atomic E-state index is 10.2. The van der Waals surface area contributed by atoms with E-state index in [0.717, 1.165) is 24.9 Å². The first-order valence-corrected chi connectivity index (χ1v) is 4.29. The van der Waals surface area contributed by atoms with Crippen molar-refractivity contribution in [1.29, 1.82) is 0 Å². The van der Waals surface area contributed by atoms with Crippen molar-refractivity contribution < 1.29 is 9.53 Å². The van der Waals surface area contributed by atoms with Crippen LogP contribution in [0.2, 0.25) is 0 Å². The van der Waals surface area contributed by atoms with Gasteiger partial charge in [0.25, 0.3) is 0 Å². The summed E-state index contributed by atoms with van der Waals surface area (Å²) < 4.78 is 5.39. The molecule has 0 spiro atoms. The van der Waals surface area contributed by atoms with Crippen molar-refractivity contribution >= 4 is 6.29 Å². The van der Waals surface area contributed by atoms with E-state index in [9.17, 15) is 4.79 Å². The van der Waals surface area contributed by atoms with Crippen LogP contribution in [0.3, 0.4) is 0 Å². The third-order valence-corrected chi connectivity index (χ3v) is 1.84. The molecule has 1 aliphatic rings. The normalized spacial score (nSPS) is 22.1. The van der Waals surface area contributed by atoms with E-state index in [0.29, 0.717) is 6.42 Å². The van der Waals surface area contributed by atoms with Crippen molar-refractivity contribution in [3.63, 3.8) is 0 Å². The Morgan fingerprint density at radius 1 is 1.75 bits per heavy atom. The lowest BCUT2D eigenvalue weighted by Gasteiger charge is -2.14. The van der Waals surface area contributed by atoms with Crippen molar-refractivity contribution in [3.8, 4) is 0 Å². The summed E-state index contributed by atoms with van der Waals surface area (Å²) in [5.74, 6) is 0. The molecule has 0 amide bonds. The van der Waals surface area contributed by atoms with Crippen molar-refractivity contribution in [1.82, 2.24) is 0 Å². The van der Waals surface area contributed by atoms with E-state index in [1.807, 2.05) is 19.1 Å². The molecule has 0 radical (unpaired) electrons. The standard InChI is InChI=1S/C10H14O2/c1-2-12-10-5-3-9(4-6-10)7-8-11/h3-5,8,10H,2,6-7H2,1H3. The Kier molecular flexibility index (Phi) is 3.74. The van der Waals surface area contributed by atoms with E-state index in [1.54, 1.807) is 0 Å². The summed E-state index contributed by atoms with van der Waals surface area (Å²) in [5, 5.41) is 0. The Balaban J connectivity index is 2.38. The summed E-state index contributed by atoms with van der Waals surface area (Å²) in [6.07, 6.45) is 8.61. The van der Waals surface area contributed by atoms with Gasteiger partial charge in [-0.15, -0.1) is 0 Å². The number of aldehydes is 1. The lowest BCUT2D eigenvalue weighted by Crippen LogP contribution is -2.11. The van der Waals surface area contributed by atoms with Crippen LogP contribution < -0.4 is 0 Å². The van der Waals surface area contributed by atoms with Crippen LogP contribution >= 0.6 is 0 Å². The van der Waals surface area contributed by atoms with Gasteiger partial charge in [-0.05, 0) is 18.9 Å². The van der Waals surface area contributed by atoms with Crippen LogP contribution in [-0.2, 0) is 9.53 Å². The van der Waals surface area contributed by atoms with Gasteiger partial charge in [-0.1, -0.05) is 18.2 Å². The van der Waals surface area contributed by atoms with Crippen LogP contribution in [0.4, 0.5) is 0 Å². The first-order chi connectivity index (χ1) is 5.86. The number of allylic oxidation sites excluding steroid dienone is 2. The molecule has 0 aromatic rings. The zero-order valence-electron chi connectivity index (χ0n) is 7.32. The Hall–Kier alpha value is -0.890. The van der Waals surface area contributed by atoms with Crippen molar-refractivity contribution in [3.05, 3.63) is 23.8 Å². The fourth-order valence-electron chi connectivity index (χ4n) is 1.23. The van der Waals surface area contributed by atoms with Gasteiger partial charge in [0.1, 0.15) is 6.29 Å². The molecule has 1 atom stereocenters. The Morgan fingerprint density at radius 3 is 3.08 bits per heavy atom. The predicted molar refractivity (Wildman–Crippen MR) is 47.9 cm³/mol. The molecule has 2 heteroatoms. The maximum atomic E-state index is 10.2. The molecule has 0 fully saturated rings. The SMILES string of the molecule is CCOC1C=CC(CC=O)=CC1. The third-order valence-electron chi connectivity index (χ3n) is 1.84. The Labute approximate surface area is 72.9 Å². The van der Waals surface area contributed by atoms with Gasteiger partial charge in [0.05, 0.1) is 6.10 Å². The summed E-state index contributed by atoms with van der Waals surface area (Å²) in [5.41, 5.74) is 1.10. The smallest absolute Gasteiger partial charge is 0.124 e. The van der Waals surface area contributed by atoms with Gasteiger partial charge in [-0.25, -0.2) is 0 Å². The molecule has 0 N–H and O–H groups in total. The van der Waals surface area contributed by atoms with E-state index >= 15 is 0 Å². The van der Waals surface area contributed by atoms with Crippen LogP contribution in [0, 0.1) is 0 Å². The molecule has 66 valence electrons. The highest BCUT2D eigenvalue weighted by Gasteiger charge is 2.06. The highest BCUT2D eigenvalue weighted by Crippen LogP contribution is 2.14. The monoisotopic (exact) mass is 166 g/mol. The number of hydrogen-bond acceptors (Lipinski definition) is 2. The third kappa shape index (κ3) is 2.62. The second-order valence-corrected chi connectivity index (χ2v) is 2.74. The molecular formula is C10H14O2. The number of ether oxygens (including phenoxy) is 1. The molecular weight excluding hydrogens is 152 g/mol. The summed E-state index contributed by atoms with van der Waals surface area (Å²) >= 11 is 0. The fraction of sp³-hybridized carbons (Fsp3) is 0.500. The summed E-state index contributed by atoms with van der Waals surface area (Å²) in [7, 11) is 0.